The Bertz CT molecular complexity index is 716. The average Bonchev–Trinajstić information content (AvgIpc) is 2.77. The minimum Gasteiger partial charge on any atom is -0.494 e. The molecule has 0 radical (unpaired) electrons. The summed E-state index contributed by atoms with van der Waals surface area (Å²) in [7, 11) is 0. The van der Waals surface area contributed by atoms with E-state index in [2.05, 4.69) is 24.8 Å². The van der Waals surface area contributed by atoms with Crippen LogP contribution in [-0.2, 0) is 0 Å². The van der Waals surface area contributed by atoms with Crippen LogP contribution in [0.3, 0.4) is 0 Å². The smallest absolute Gasteiger partial charge is 0.119 e. The van der Waals surface area contributed by atoms with E-state index in [-0.39, 0.29) is 0 Å². The van der Waals surface area contributed by atoms with Crippen LogP contribution >= 0.6 is 0 Å². The Labute approximate surface area is 172 Å². The zero-order valence-electron chi connectivity index (χ0n) is 17.0. The number of hydrogen-bond donors (Lipinski definition) is 4. The van der Waals surface area contributed by atoms with Crippen molar-refractivity contribution < 1.29 is 19.9 Å². The van der Waals surface area contributed by atoms with Crippen LogP contribution in [0.1, 0.15) is 44.2 Å². The monoisotopic (exact) mass is 398 g/mol. The Balaban J connectivity index is 2.05. The lowest BCUT2D eigenvalue weighted by Crippen LogP contribution is -2.07. The van der Waals surface area contributed by atoms with Crippen molar-refractivity contribution in [2.24, 2.45) is 0 Å². The fraction of sp³-hybridized carbons (Fsp3) is 0.304. The summed E-state index contributed by atoms with van der Waals surface area (Å²) in [5.41, 5.74) is 7.28. The molecule has 4 N–H and O–H groups in total. The number of allylic oxidation sites excluding steroid dienone is 2. The molecular weight excluding hydrogens is 368 g/mol. The molecule has 156 valence electrons. The first-order valence-corrected chi connectivity index (χ1v) is 9.88. The maximum atomic E-state index is 9.48. The molecule has 6 heteroatoms. The number of rotatable bonds is 12. The predicted molar refractivity (Wildman–Crippen MR) is 115 cm³/mol. The van der Waals surface area contributed by atoms with Gasteiger partial charge in [0.1, 0.15) is 11.5 Å². The third-order valence-electron chi connectivity index (χ3n) is 4.16. The molecule has 0 spiro atoms. The lowest BCUT2D eigenvalue weighted by atomic mass is 10.1. The van der Waals surface area contributed by atoms with E-state index in [1.54, 1.807) is 0 Å². The molecule has 0 aliphatic rings. The number of hydrogen-bond acceptors (Lipinski definition) is 6. The fourth-order valence-electron chi connectivity index (χ4n) is 2.65. The van der Waals surface area contributed by atoms with E-state index >= 15 is 0 Å². The highest BCUT2D eigenvalue weighted by atomic mass is 16.5. The quantitative estimate of drug-likeness (QED) is 0.377. The van der Waals surface area contributed by atoms with Crippen molar-refractivity contribution in [3.05, 3.63) is 71.8 Å². The predicted octanol–water partition coefficient (Wildman–Crippen LogP) is 4.99. The molecule has 0 bridgehead atoms. The van der Waals surface area contributed by atoms with E-state index in [0.29, 0.717) is 31.0 Å². The number of nitrogens with one attached hydrogen (secondary N) is 2. The van der Waals surface area contributed by atoms with Crippen molar-refractivity contribution in [2.45, 2.75) is 33.1 Å². The lowest BCUT2D eigenvalue weighted by Gasteiger charge is -2.09. The molecule has 2 aromatic carbocycles. The van der Waals surface area contributed by atoms with Crippen LogP contribution in [0.15, 0.2) is 60.7 Å². The van der Waals surface area contributed by atoms with Gasteiger partial charge in [-0.3, -0.25) is 21.4 Å². The molecule has 6 nitrogen and oxygen atoms in total. The van der Waals surface area contributed by atoms with Gasteiger partial charge in [-0.2, -0.15) is 0 Å². The number of ether oxygens (including phenoxy) is 2. The van der Waals surface area contributed by atoms with E-state index in [9.17, 15) is 10.4 Å². The second-order valence-electron chi connectivity index (χ2n) is 6.44. The van der Waals surface area contributed by atoms with Crippen molar-refractivity contribution >= 4 is 11.4 Å². The van der Waals surface area contributed by atoms with Crippen molar-refractivity contribution in [1.82, 2.24) is 11.0 Å². The van der Waals surface area contributed by atoms with Gasteiger partial charge >= 0.3 is 0 Å². The van der Waals surface area contributed by atoms with Gasteiger partial charge in [-0.25, -0.2) is 0 Å². The van der Waals surface area contributed by atoms with E-state index < -0.39 is 0 Å². The summed E-state index contributed by atoms with van der Waals surface area (Å²) in [6.07, 6.45) is 6.06. The minimum atomic E-state index is 0.494. The molecule has 2 rings (SSSR count). The first-order valence-electron chi connectivity index (χ1n) is 9.88. The van der Waals surface area contributed by atoms with E-state index in [1.165, 1.54) is 0 Å². The topological polar surface area (TPSA) is 83.0 Å². The van der Waals surface area contributed by atoms with Gasteiger partial charge in [-0.05, 0) is 78.9 Å². The maximum Gasteiger partial charge on any atom is 0.119 e. The molecule has 0 amide bonds. The largest absolute Gasteiger partial charge is 0.494 e. The number of benzene rings is 2. The highest BCUT2D eigenvalue weighted by Gasteiger charge is 2.03. The maximum absolute atomic E-state index is 9.48. The van der Waals surface area contributed by atoms with Gasteiger partial charge in [0.05, 0.1) is 24.6 Å². The van der Waals surface area contributed by atoms with Gasteiger partial charge in [0, 0.05) is 0 Å². The van der Waals surface area contributed by atoms with Gasteiger partial charge in [0.25, 0.3) is 0 Å². The molecule has 2 aromatic rings. The normalized spacial score (nSPS) is 11.9. The molecule has 29 heavy (non-hydrogen) atoms. The Kier molecular flexibility index (Phi) is 9.62. The third kappa shape index (κ3) is 7.18. The van der Waals surface area contributed by atoms with E-state index in [0.717, 1.165) is 35.5 Å². The van der Waals surface area contributed by atoms with Crippen molar-refractivity contribution in [3.63, 3.8) is 0 Å². The third-order valence-corrected chi connectivity index (χ3v) is 4.16. The zero-order valence-corrected chi connectivity index (χ0v) is 17.0. The fourth-order valence-corrected chi connectivity index (χ4v) is 2.65. The summed E-state index contributed by atoms with van der Waals surface area (Å²) in [6.45, 7) is 5.46. The summed E-state index contributed by atoms with van der Waals surface area (Å²) in [5.74, 6) is 1.59. The van der Waals surface area contributed by atoms with Crippen LogP contribution in [0.25, 0.3) is 11.4 Å². The standard InChI is InChI=1S/C23H30N2O4/c1-3-16-28-20-12-8-18(9-13-20)22(24-26)6-5-7-23(25-27)19-10-14-21(15-11-19)29-17-4-2/h6-15,24-27H,3-5,16-17H2,1-2H3. The first-order chi connectivity index (χ1) is 14.2. The molecule has 0 saturated carbocycles. The second kappa shape index (κ2) is 12.5. The molecule has 0 aromatic heterocycles. The average molecular weight is 399 g/mol. The highest BCUT2D eigenvalue weighted by Crippen LogP contribution is 2.20. The SMILES string of the molecule is CCCOc1ccc(C(=CCC=C(NO)c2ccc(OCCC)cc2)NO)cc1. The summed E-state index contributed by atoms with van der Waals surface area (Å²) in [5, 5.41) is 19.0. The molecule has 0 aliphatic carbocycles. The van der Waals surface area contributed by atoms with Crippen molar-refractivity contribution in [1.29, 1.82) is 0 Å². The zero-order chi connectivity index (χ0) is 20.9. The highest BCUT2D eigenvalue weighted by molar-refractivity contribution is 5.66. The second-order valence-corrected chi connectivity index (χ2v) is 6.44. The Morgan fingerprint density at radius 3 is 1.41 bits per heavy atom. The molecule has 0 atom stereocenters. The molecule has 0 unspecified atom stereocenters. The van der Waals surface area contributed by atoms with Gasteiger partial charge in [0.15, 0.2) is 0 Å². The molecular formula is C23H30N2O4. The summed E-state index contributed by atoms with van der Waals surface area (Å²) in [4.78, 5) is 0. The van der Waals surface area contributed by atoms with Gasteiger partial charge in [-0.1, -0.05) is 26.0 Å². The van der Waals surface area contributed by atoms with Crippen LogP contribution in [0.2, 0.25) is 0 Å². The van der Waals surface area contributed by atoms with Gasteiger partial charge in [0.2, 0.25) is 0 Å². The van der Waals surface area contributed by atoms with Crippen molar-refractivity contribution in [2.75, 3.05) is 13.2 Å². The molecule has 0 saturated heterocycles. The van der Waals surface area contributed by atoms with Gasteiger partial charge < -0.3 is 9.47 Å². The van der Waals surface area contributed by atoms with Crippen LogP contribution in [-0.4, -0.2) is 23.6 Å². The Hall–Kier alpha value is -2.96. The molecule has 0 heterocycles. The van der Waals surface area contributed by atoms with Crippen molar-refractivity contribution in [3.8, 4) is 11.5 Å². The molecule has 0 fully saturated rings. The number of hydroxylamine groups is 2. The Morgan fingerprint density at radius 2 is 1.10 bits per heavy atom. The van der Waals surface area contributed by atoms with Crippen LogP contribution < -0.4 is 20.4 Å². The van der Waals surface area contributed by atoms with Crippen LogP contribution in [0.4, 0.5) is 0 Å². The lowest BCUT2D eigenvalue weighted by molar-refractivity contribution is 0.224. The van der Waals surface area contributed by atoms with Gasteiger partial charge in [-0.15, -0.1) is 0 Å². The first kappa shape index (κ1) is 22.3. The minimum absolute atomic E-state index is 0.494. The van der Waals surface area contributed by atoms with E-state index in [1.807, 2.05) is 60.7 Å². The van der Waals surface area contributed by atoms with E-state index in [4.69, 9.17) is 9.47 Å². The Morgan fingerprint density at radius 1 is 0.724 bits per heavy atom. The van der Waals surface area contributed by atoms with Crippen LogP contribution in [0.5, 0.6) is 11.5 Å². The summed E-state index contributed by atoms with van der Waals surface area (Å²) in [6, 6.07) is 15.0. The summed E-state index contributed by atoms with van der Waals surface area (Å²) < 4.78 is 11.1. The molecule has 0 aliphatic heterocycles. The summed E-state index contributed by atoms with van der Waals surface area (Å²) >= 11 is 0. The van der Waals surface area contributed by atoms with Crippen LogP contribution in [0, 0.1) is 0 Å².